The van der Waals surface area contributed by atoms with Crippen LogP contribution in [0.25, 0.3) is 0 Å². The Hall–Kier alpha value is -16.2. The number of nitro groups is 6. The van der Waals surface area contributed by atoms with Gasteiger partial charge in [-0.25, -0.2) is 0 Å². The van der Waals surface area contributed by atoms with Crippen LogP contribution in [0.3, 0.4) is 0 Å². The van der Waals surface area contributed by atoms with Crippen LogP contribution in [0, 0.1) is 137 Å². The highest BCUT2D eigenvalue weighted by molar-refractivity contribution is 5.84. The van der Waals surface area contributed by atoms with Gasteiger partial charge >= 0.3 is 0 Å². The summed E-state index contributed by atoms with van der Waals surface area (Å²) in [7, 11) is 0. The zero-order valence-corrected chi connectivity index (χ0v) is 64.7. The highest BCUT2D eigenvalue weighted by atomic mass is 16.6. The Kier molecular flexibility index (Phi) is 45.3. The van der Waals surface area contributed by atoms with Gasteiger partial charge in [-0.15, -0.1) is 0 Å². The molecular formula is C83H77N11O23. The number of carbonyl (C=O) groups is 11. The highest BCUT2D eigenvalue weighted by Crippen LogP contribution is 2.23. The smallest absolute Gasteiger partial charge is 0.282 e. The SMILES string of the molecule is Cc1c(C=O)cccc1[N+](=O)[O-].Cc1cc(C=O)ccn1.Cc1cc([N+](=O)[O-])ccc1C=O.Cc1ccc(C=O)c([N+](=O)[O-])c1.Cc1ccc(C=O)cc1[N+](=O)[O-].Cc1ccc(C=O)cn1.Cc1ccc([N+](=O)[O-])cc1C=O.Cc1cccc(C=O)c1[N+](=O)[O-].Cc1ccncc1C=O.Cc1cnccc1C=O.Cc1ncccc1C=O. The number of nitrogens with zero attached hydrogens (tertiary/aromatic N) is 11. The van der Waals surface area contributed by atoms with E-state index in [1.165, 1.54) is 66.7 Å². The van der Waals surface area contributed by atoms with Gasteiger partial charge in [-0.05, 0) is 171 Å². The van der Waals surface area contributed by atoms with Crippen LogP contribution in [0.4, 0.5) is 34.1 Å². The summed E-state index contributed by atoms with van der Waals surface area (Å²) in [6.45, 7) is 19.2. The molecule has 0 aliphatic rings. The van der Waals surface area contributed by atoms with Crippen molar-refractivity contribution in [2.24, 2.45) is 0 Å². The third-order valence-corrected chi connectivity index (χ3v) is 15.2. The van der Waals surface area contributed by atoms with E-state index in [-0.39, 0.29) is 45.3 Å². The lowest BCUT2D eigenvalue weighted by Crippen LogP contribution is -1.96. The topological polar surface area (TPSA) is 511 Å². The molecule has 0 atom stereocenters. The molecule has 6 aromatic carbocycles. The first-order valence-corrected chi connectivity index (χ1v) is 33.6. The zero-order chi connectivity index (χ0) is 88.3. The minimum absolute atomic E-state index is 0.0121. The third kappa shape index (κ3) is 36.0. The van der Waals surface area contributed by atoms with Crippen molar-refractivity contribution in [2.75, 3.05) is 0 Å². The fourth-order valence-corrected chi connectivity index (χ4v) is 8.60. The highest BCUT2D eigenvalue weighted by Gasteiger charge is 2.17. The molecule has 0 spiro atoms. The maximum Gasteiger partial charge on any atom is 0.282 e. The molecule has 0 radical (unpaired) electrons. The maximum atomic E-state index is 10.4. The van der Waals surface area contributed by atoms with E-state index in [1.807, 2.05) is 46.8 Å². The van der Waals surface area contributed by atoms with Crippen molar-refractivity contribution in [1.29, 1.82) is 0 Å². The van der Waals surface area contributed by atoms with Crippen LogP contribution in [-0.4, -0.2) is 124 Å². The molecule has 0 amide bonds. The van der Waals surface area contributed by atoms with Gasteiger partial charge in [0.15, 0.2) is 44.0 Å². The molecule has 34 nitrogen and oxygen atoms in total. The molecule has 0 unspecified atom stereocenters. The van der Waals surface area contributed by atoms with E-state index in [2.05, 4.69) is 24.9 Å². The molecule has 0 N–H and O–H groups in total. The third-order valence-electron chi connectivity index (χ3n) is 15.2. The molecule has 117 heavy (non-hydrogen) atoms. The second kappa shape index (κ2) is 53.6. The van der Waals surface area contributed by atoms with E-state index < -0.39 is 29.5 Å². The van der Waals surface area contributed by atoms with Gasteiger partial charge in [0.1, 0.15) is 25.1 Å². The van der Waals surface area contributed by atoms with Gasteiger partial charge in [-0.2, -0.15) is 0 Å². The summed E-state index contributed by atoms with van der Waals surface area (Å²) < 4.78 is 0. The number of rotatable bonds is 17. The summed E-state index contributed by atoms with van der Waals surface area (Å²) in [5.74, 6) is 0. The molecule has 11 aromatic rings. The molecule has 0 saturated carbocycles. The maximum absolute atomic E-state index is 10.4. The van der Waals surface area contributed by atoms with Crippen molar-refractivity contribution < 1.29 is 82.3 Å². The number of hydrogen-bond donors (Lipinski definition) is 0. The second-order valence-electron chi connectivity index (χ2n) is 23.6. The number of para-hydroxylation sites is 1. The van der Waals surface area contributed by atoms with Crippen LogP contribution in [0.2, 0.25) is 0 Å². The van der Waals surface area contributed by atoms with Gasteiger partial charge in [-0.1, -0.05) is 48.5 Å². The molecule has 5 heterocycles. The number of non-ortho nitro benzene ring substituents is 2. The number of aldehydes is 11. The Morgan fingerprint density at radius 2 is 0.761 bits per heavy atom. The van der Waals surface area contributed by atoms with E-state index in [9.17, 15) is 113 Å². The molecule has 5 aromatic heterocycles. The lowest BCUT2D eigenvalue weighted by molar-refractivity contribution is -0.385. The predicted octanol–water partition coefficient (Wildman–Crippen LogP) is 16.3. The van der Waals surface area contributed by atoms with E-state index in [4.69, 9.17) is 0 Å². The van der Waals surface area contributed by atoms with Crippen LogP contribution >= 0.6 is 0 Å². The van der Waals surface area contributed by atoms with Gasteiger partial charge in [0.2, 0.25) is 0 Å². The summed E-state index contributed by atoms with van der Waals surface area (Å²) in [5, 5.41) is 62.1. The monoisotopic (exact) mass is 1600 g/mol. The van der Waals surface area contributed by atoms with Gasteiger partial charge in [0, 0.05) is 170 Å². The lowest BCUT2D eigenvalue weighted by Gasteiger charge is -1.97. The molecule has 0 saturated heterocycles. The van der Waals surface area contributed by atoms with Gasteiger partial charge in [0.25, 0.3) is 34.1 Å². The molecule has 0 aliphatic carbocycles. The molecule has 0 aliphatic heterocycles. The number of nitro benzene ring substituents is 6. The van der Waals surface area contributed by atoms with Crippen molar-refractivity contribution in [3.8, 4) is 0 Å². The summed E-state index contributed by atoms with van der Waals surface area (Å²) >= 11 is 0. The largest absolute Gasteiger partial charge is 0.298 e. The fraction of sp³-hybridized carbons (Fsp3) is 0.133. The molecular weight excluding hydrogens is 1520 g/mol. The number of aryl methyl sites for hydroxylation is 10. The van der Waals surface area contributed by atoms with E-state index in [0.29, 0.717) is 110 Å². The first kappa shape index (κ1) is 98.8. The molecule has 11 rings (SSSR count). The van der Waals surface area contributed by atoms with E-state index >= 15 is 0 Å². The molecule has 0 bridgehead atoms. The quantitative estimate of drug-likeness (QED) is 0.0464. The average Bonchev–Trinajstić information content (AvgIpc) is 0.847. The molecule has 0 fully saturated rings. The van der Waals surface area contributed by atoms with Crippen LogP contribution in [0.15, 0.2) is 201 Å². The first-order valence-electron chi connectivity index (χ1n) is 33.6. The Morgan fingerprint density at radius 1 is 0.265 bits per heavy atom. The van der Waals surface area contributed by atoms with Crippen molar-refractivity contribution in [2.45, 2.75) is 76.2 Å². The van der Waals surface area contributed by atoms with Crippen LogP contribution < -0.4 is 0 Å². The standard InChI is InChI=1S/6C8H7NO3.5C7H7NO/c1-6-4-8(9(11)12)3-2-7(6)5-10;1-6-2-3-8(9(11)12)4-7(6)5-10;1-6-2-3-7(5-10)4-8(6)9(11)12;1-6-2-3-7(5-10)8(4-6)9(11)12;1-6-7(5-10)3-2-4-8(6)9(11)12;1-6-3-2-4-7(5-10)8(6)9(11)12;1-6-4-8-3-2-7(6)5-9;1-6-4-7(5-9)2-3-8-6;1-6-2-3-8-4-7(6)5-9;1-6-2-3-7(5-9)4-8-6;1-6-7(5-9)3-2-4-8-6/h6*2-5H,1H3;5*2-5H,1H3. The lowest BCUT2D eigenvalue weighted by atomic mass is 10.1. The number of benzene rings is 6. The van der Waals surface area contributed by atoms with Crippen molar-refractivity contribution in [1.82, 2.24) is 24.9 Å². The Bertz CT molecular complexity index is 5190. The summed E-state index contributed by atoms with van der Waals surface area (Å²) in [5.41, 5.74) is 12.9. The predicted molar refractivity (Wildman–Crippen MR) is 431 cm³/mol. The number of pyridine rings is 5. The Balaban J connectivity index is 0.000000645. The number of carbonyl (C=O) groups excluding carboxylic acids is 11. The van der Waals surface area contributed by atoms with Crippen molar-refractivity contribution >= 4 is 103 Å². The molecule has 34 heteroatoms. The van der Waals surface area contributed by atoms with Crippen molar-refractivity contribution in [3.05, 3.63) is 385 Å². The summed E-state index contributed by atoms with van der Waals surface area (Å²) in [6.07, 6.45) is 18.9. The van der Waals surface area contributed by atoms with E-state index in [0.717, 1.165) is 70.8 Å². The fourth-order valence-electron chi connectivity index (χ4n) is 8.60. The summed E-state index contributed by atoms with van der Waals surface area (Å²) in [4.78, 5) is 191. The first-order chi connectivity index (χ1) is 55.6. The van der Waals surface area contributed by atoms with Crippen molar-refractivity contribution in [3.63, 3.8) is 0 Å². The van der Waals surface area contributed by atoms with Gasteiger partial charge in [-0.3, -0.25) is 138 Å². The molecule has 602 valence electrons. The van der Waals surface area contributed by atoms with Crippen LogP contribution in [0.1, 0.15) is 176 Å². The number of aromatic nitrogens is 5. The number of hydrogen-bond acceptors (Lipinski definition) is 28. The summed E-state index contributed by atoms with van der Waals surface area (Å²) in [6, 6.07) is 40.2. The second-order valence-corrected chi connectivity index (χ2v) is 23.6. The normalized spacial score (nSPS) is 9.26. The van der Waals surface area contributed by atoms with Gasteiger partial charge < -0.3 is 0 Å². The van der Waals surface area contributed by atoms with E-state index in [1.54, 1.807) is 164 Å². The van der Waals surface area contributed by atoms with Gasteiger partial charge in [0.05, 0.1) is 40.7 Å². The Morgan fingerprint density at radius 3 is 1.22 bits per heavy atom. The zero-order valence-electron chi connectivity index (χ0n) is 64.7. The minimum Gasteiger partial charge on any atom is -0.298 e. The average molecular weight is 1600 g/mol. The Labute approximate surface area is 668 Å². The van der Waals surface area contributed by atoms with Crippen LogP contribution in [0.5, 0.6) is 0 Å². The van der Waals surface area contributed by atoms with Crippen LogP contribution in [-0.2, 0) is 0 Å². The minimum atomic E-state index is -0.559.